The molecule has 1 N–H and O–H groups in total. The van der Waals surface area contributed by atoms with Crippen molar-refractivity contribution in [3.05, 3.63) is 35.6 Å². The summed E-state index contributed by atoms with van der Waals surface area (Å²) in [6.45, 7) is 2.10. The minimum absolute atomic E-state index is 0.0452. The van der Waals surface area contributed by atoms with Gasteiger partial charge >= 0.3 is 0 Å². The Kier molecular flexibility index (Phi) is 3.35. The number of nitrogens with one attached hydrogen (secondary N) is 1. The van der Waals surface area contributed by atoms with E-state index in [4.69, 9.17) is 0 Å². The van der Waals surface area contributed by atoms with Gasteiger partial charge in [0, 0.05) is 17.6 Å². The first-order chi connectivity index (χ1) is 8.81. The van der Waals surface area contributed by atoms with Gasteiger partial charge in [0.1, 0.15) is 5.82 Å². The maximum Gasteiger partial charge on any atom is 0.127 e. The third-order valence-electron chi connectivity index (χ3n) is 4.27. The number of hydrogen-bond acceptors (Lipinski definition) is 2. The monoisotopic (exact) mass is 248 g/mol. The van der Waals surface area contributed by atoms with Crippen molar-refractivity contribution < 1.29 is 4.39 Å². The smallest absolute Gasteiger partial charge is 0.127 e. The Hall–Kier alpha value is -0.930. The van der Waals surface area contributed by atoms with Gasteiger partial charge in [0.25, 0.3) is 0 Å². The van der Waals surface area contributed by atoms with Crippen LogP contribution in [0.1, 0.15) is 30.9 Å². The summed E-state index contributed by atoms with van der Waals surface area (Å²) in [7, 11) is 1.98. The van der Waals surface area contributed by atoms with Crippen LogP contribution in [0.15, 0.2) is 24.3 Å². The van der Waals surface area contributed by atoms with E-state index in [0.717, 1.165) is 18.7 Å². The van der Waals surface area contributed by atoms with Gasteiger partial charge in [-0.2, -0.15) is 0 Å². The first-order valence-electron chi connectivity index (χ1n) is 6.96. The Morgan fingerprint density at radius 3 is 2.72 bits per heavy atom. The second-order valence-corrected chi connectivity index (χ2v) is 5.54. The van der Waals surface area contributed by atoms with Crippen LogP contribution in [0.25, 0.3) is 0 Å². The van der Waals surface area contributed by atoms with E-state index in [2.05, 4.69) is 10.2 Å². The van der Waals surface area contributed by atoms with Gasteiger partial charge in [0.15, 0.2) is 0 Å². The summed E-state index contributed by atoms with van der Waals surface area (Å²) in [5, 5.41) is 3.26. The minimum atomic E-state index is -0.0452. The predicted molar refractivity (Wildman–Crippen MR) is 70.9 cm³/mol. The van der Waals surface area contributed by atoms with Crippen LogP contribution in [0.2, 0.25) is 0 Å². The van der Waals surface area contributed by atoms with Crippen LogP contribution in [-0.4, -0.2) is 31.1 Å². The number of likely N-dealkylation sites (tertiary alicyclic amines) is 1. The molecule has 0 aromatic heterocycles. The molecular weight excluding hydrogens is 227 g/mol. The van der Waals surface area contributed by atoms with Crippen LogP contribution < -0.4 is 5.32 Å². The van der Waals surface area contributed by atoms with Crippen molar-refractivity contribution >= 4 is 0 Å². The molecular formula is C15H21FN2. The summed E-state index contributed by atoms with van der Waals surface area (Å²) < 4.78 is 14.1. The van der Waals surface area contributed by atoms with E-state index in [-0.39, 0.29) is 11.9 Å². The van der Waals surface area contributed by atoms with E-state index in [1.165, 1.54) is 19.3 Å². The van der Waals surface area contributed by atoms with Crippen molar-refractivity contribution in [1.82, 2.24) is 10.2 Å². The molecule has 0 spiro atoms. The molecule has 0 bridgehead atoms. The summed E-state index contributed by atoms with van der Waals surface area (Å²) in [5.74, 6) is 0.489. The largest absolute Gasteiger partial charge is 0.319 e. The van der Waals surface area contributed by atoms with Crippen molar-refractivity contribution in [2.24, 2.45) is 5.92 Å². The molecule has 2 nitrogen and oxygen atoms in total. The quantitative estimate of drug-likeness (QED) is 0.881. The number of benzene rings is 1. The molecule has 18 heavy (non-hydrogen) atoms. The molecule has 3 rings (SSSR count). The Bertz CT molecular complexity index is 417. The zero-order valence-corrected chi connectivity index (χ0v) is 10.9. The van der Waals surface area contributed by atoms with Gasteiger partial charge in [-0.15, -0.1) is 0 Å². The molecule has 1 saturated carbocycles. The molecule has 0 amide bonds. The predicted octanol–water partition coefficient (Wildman–Crippen LogP) is 2.57. The van der Waals surface area contributed by atoms with Crippen LogP contribution in [-0.2, 0) is 0 Å². The lowest BCUT2D eigenvalue weighted by Crippen LogP contribution is -2.31. The highest BCUT2D eigenvalue weighted by atomic mass is 19.1. The zero-order chi connectivity index (χ0) is 12.5. The maximum absolute atomic E-state index is 14.1. The Labute approximate surface area is 108 Å². The van der Waals surface area contributed by atoms with Gasteiger partial charge in [0.05, 0.1) is 0 Å². The molecule has 98 valence electrons. The third-order valence-corrected chi connectivity index (χ3v) is 4.27. The molecule has 2 unspecified atom stereocenters. The highest BCUT2D eigenvalue weighted by Crippen LogP contribution is 2.44. The normalized spacial score (nSPS) is 28.8. The summed E-state index contributed by atoms with van der Waals surface area (Å²) in [6, 6.07) is 8.27. The van der Waals surface area contributed by atoms with Gasteiger partial charge in [-0.05, 0) is 51.4 Å². The summed E-state index contributed by atoms with van der Waals surface area (Å²) in [5.41, 5.74) is 0.891. The fraction of sp³-hybridized carbons (Fsp3) is 0.600. The van der Waals surface area contributed by atoms with Gasteiger partial charge in [-0.3, -0.25) is 4.90 Å². The van der Waals surface area contributed by atoms with Crippen LogP contribution in [0.5, 0.6) is 0 Å². The van der Waals surface area contributed by atoms with Crippen LogP contribution >= 0.6 is 0 Å². The van der Waals surface area contributed by atoms with E-state index in [9.17, 15) is 4.39 Å². The number of halogens is 1. The van der Waals surface area contributed by atoms with Crippen molar-refractivity contribution in [2.75, 3.05) is 20.1 Å². The van der Waals surface area contributed by atoms with Crippen molar-refractivity contribution in [2.45, 2.75) is 31.3 Å². The fourth-order valence-electron chi connectivity index (χ4n) is 3.32. The SMILES string of the molecule is CNCC1CCN(C2CC2)C1c1ccccc1F. The lowest BCUT2D eigenvalue weighted by Gasteiger charge is -2.29. The average Bonchev–Trinajstić information content (AvgIpc) is 3.13. The average molecular weight is 248 g/mol. The highest BCUT2D eigenvalue weighted by molar-refractivity contribution is 5.24. The summed E-state index contributed by atoms with van der Waals surface area (Å²) in [4.78, 5) is 2.53. The molecule has 1 aliphatic heterocycles. The molecule has 1 aromatic rings. The molecule has 1 saturated heterocycles. The van der Waals surface area contributed by atoms with E-state index in [1.807, 2.05) is 19.2 Å². The Balaban J connectivity index is 1.90. The topological polar surface area (TPSA) is 15.3 Å². The standard InChI is InChI=1S/C15H21FN2/c1-17-10-11-8-9-18(12-6-7-12)15(11)13-4-2-3-5-14(13)16/h2-5,11-12,15,17H,6-10H2,1H3. The molecule has 1 aliphatic carbocycles. The molecule has 1 heterocycles. The van der Waals surface area contributed by atoms with Gasteiger partial charge in [-0.1, -0.05) is 18.2 Å². The lowest BCUT2D eigenvalue weighted by atomic mass is 9.93. The first-order valence-corrected chi connectivity index (χ1v) is 6.96. The van der Waals surface area contributed by atoms with E-state index < -0.39 is 0 Å². The Morgan fingerprint density at radius 2 is 2.06 bits per heavy atom. The van der Waals surface area contributed by atoms with Crippen LogP contribution in [0.4, 0.5) is 4.39 Å². The minimum Gasteiger partial charge on any atom is -0.319 e. The Morgan fingerprint density at radius 1 is 1.28 bits per heavy atom. The maximum atomic E-state index is 14.1. The fourth-order valence-corrected chi connectivity index (χ4v) is 3.32. The van der Waals surface area contributed by atoms with Gasteiger partial charge < -0.3 is 5.32 Å². The van der Waals surface area contributed by atoms with Crippen LogP contribution in [0.3, 0.4) is 0 Å². The van der Waals surface area contributed by atoms with E-state index in [1.54, 1.807) is 12.1 Å². The molecule has 2 fully saturated rings. The number of hydrogen-bond donors (Lipinski definition) is 1. The number of rotatable bonds is 4. The van der Waals surface area contributed by atoms with Crippen molar-refractivity contribution in [3.8, 4) is 0 Å². The molecule has 0 radical (unpaired) electrons. The molecule has 1 aromatic carbocycles. The second kappa shape index (κ2) is 4.98. The highest BCUT2D eigenvalue weighted by Gasteiger charge is 2.43. The number of nitrogens with zero attached hydrogens (tertiary/aromatic N) is 1. The molecule has 2 atom stereocenters. The van der Waals surface area contributed by atoms with E-state index in [0.29, 0.717) is 12.0 Å². The van der Waals surface area contributed by atoms with Gasteiger partial charge in [0.2, 0.25) is 0 Å². The zero-order valence-electron chi connectivity index (χ0n) is 10.9. The molecule has 3 heteroatoms. The van der Waals surface area contributed by atoms with Crippen LogP contribution in [0, 0.1) is 11.7 Å². The summed E-state index contributed by atoms with van der Waals surface area (Å²) in [6.07, 6.45) is 3.75. The van der Waals surface area contributed by atoms with Crippen molar-refractivity contribution in [1.29, 1.82) is 0 Å². The summed E-state index contributed by atoms with van der Waals surface area (Å²) >= 11 is 0. The lowest BCUT2D eigenvalue weighted by molar-refractivity contribution is 0.212. The van der Waals surface area contributed by atoms with Crippen molar-refractivity contribution in [3.63, 3.8) is 0 Å². The van der Waals surface area contributed by atoms with E-state index >= 15 is 0 Å². The first kappa shape index (κ1) is 12.1. The molecule has 2 aliphatic rings. The third kappa shape index (κ3) is 2.17. The van der Waals surface area contributed by atoms with Gasteiger partial charge in [-0.25, -0.2) is 4.39 Å². The second-order valence-electron chi connectivity index (χ2n) is 5.54.